The number of halogens is 4. The number of piperidine rings is 1. The Bertz CT molecular complexity index is 1280. The lowest BCUT2D eigenvalue weighted by molar-refractivity contribution is -0.140. The van der Waals surface area contributed by atoms with Crippen LogP contribution in [0.25, 0.3) is 10.9 Å². The number of benzene rings is 2. The molecule has 0 amide bonds. The van der Waals surface area contributed by atoms with Crippen molar-refractivity contribution in [2.45, 2.75) is 38.5 Å². The Morgan fingerprint density at radius 1 is 1.16 bits per heavy atom. The molecule has 1 N–H and O–H groups in total. The third-order valence-electron chi connectivity index (χ3n) is 7.33. The van der Waals surface area contributed by atoms with Gasteiger partial charge in [0.15, 0.2) is 17.4 Å². The molecule has 2 heterocycles. The number of aromatic nitrogens is 1. The molecule has 10 heteroatoms. The van der Waals surface area contributed by atoms with Crippen molar-refractivity contribution in [3.05, 3.63) is 64.6 Å². The summed E-state index contributed by atoms with van der Waals surface area (Å²) in [6.45, 7) is 1.73. The number of aliphatic carboxylic acids is 1. The molecule has 38 heavy (non-hydrogen) atoms. The molecule has 0 bridgehead atoms. The van der Waals surface area contributed by atoms with Gasteiger partial charge in [-0.3, -0.25) is 14.7 Å². The topological polar surface area (TPSA) is 71.9 Å². The number of hydrogen-bond donors (Lipinski definition) is 1. The number of methoxy groups -OCH3 is 1. The highest BCUT2D eigenvalue weighted by atomic mass is 35.5. The summed E-state index contributed by atoms with van der Waals surface area (Å²) in [7, 11) is 1.60. The molecule has 1 aliphatic heterocycles. The van der Waals surface area contributed by atoms with E-state index in [1.54, 1.807) is 13.3 Å². The summed E-state index contributed by atoms with van der Waals surface area (Å²) in [5.41, 5.74) is 1.43. The summed E-state index contributed by atoms with van der Waals surface area (Å²) in [6, 6.07) is 6.81. The molecule has 204 valence electrons. The molecule has 0 aliphatic carbocycles. The number of rotatable bonds is 11. The molecule has 2 aromatic carbocycles. The first-order chi connectivity index (χ1) is 18.2. The number of nitrogens with zero attached hydrogens (tertiary/aromatic N) is 2. The van der Waals surface area contributed by atoms with Crippen LogP contribution in [-0.2, 0) is 11.2 Å². The zero-order valence-corrected chi connectivity index (χ0v) is 21.9. The van der Waals surface area contributed by atoms with Crippen molar-refractivity contribution in [3.8, 4) is 11.5 Å². The molecule has 0 unspecified atom stereocenters. The predicted molar refractivity (Wildman–Crippen MR) is 138 cm³/mol. The highest BCUT2D eigenvalue weighted by molar-refractivity contribution is 6.32. The van der Waals surface area contributed by atoms with Gasteiger partial charge in [0.25, 0.3) is 0 Å². The standard InChI is InChI=1S/C28H30ClF3N2O4/c1-37-19-4-5-25-21(15-19)20(22(29)17-33-25)3-2-6-28(16-26(35)36)7-9-34(10-8-28)11-12-38-27-23(31)13-18(30)14-24(27)32/h4-5,13-15,17H,2-3,6-12,16H2,1H3,(H,35,36). The smallest absolute Gasteiger partial charge is 0.303 e. The second-order valence-electron chi connectivity index (χ2n) is 9.78. The first-order valence-corrected chi connectivity index (χ1v) is 12.9. The SMILES string of the molecule is COc1ccc2ncc(Cl)c(CCCC3(CC(=O)O)CCN(CCOc4c(F)cc(F)cc4F)CC3)c2c1. The molecule has 0 radical (unpaired) electrons. The number of ether oxygens (including phenoxy) is 2. The van der Waals surface area contributed by atoms with Gasteiger partial charge in [-0.25, -0.2) is 13.2 Å². The van der Waals surface area contributed by atoms with Crippen LogP contribution in [0, 0.1) is 22.9 Å². The minimum atomic E-state index is -1.08. The third-order valence-corrected chi connectivity index (χ3v) is 7.65. The number of aryl methyl sites for hydroxylation is 1. The van der Waals surface area contributed by atoms with Gasteiger partial charge in [-0.05, 0) is 74.4 Å². The van der Waals surface area contributed by atoms with Crippen molar-refractivity contribution < 1.29 is 32.5 Å². The van der Waals surface area contributed by atoms with E-state index in [-0.39, 0.29) is 18.4 Å². The minimum Gasteiger partial charge on any atom is -0.497 e. The van der Waals surface area contributed by atoms with Gasteiger partial charge >= 0.3 is 5.97 Å². The maximum Gasteiger partial charge on any atom is 0.303 e. The van der Waals surface area contributed by atoms with Gasteiger partial charge in [0, 0.05) is 30.3 Å². The van der Waals surface area contributed by atoms with Gasteiger partial charge in [0.2, 0.25) is 0 Å². The summed E-state index contributed by atoms with van der Waals surface area (Å²) in [6.07, 6.45) is 5.23. The number of carboxylic acid groups (broad SMARTS) is 1. The highest BCUT2D eigenvalue weighted by Gasteiger charge is 2.36. The Balaban J connectivity index is 1.35. The van der Waals surface area contributed by atoms with Crippen molar-refractivity contribution in [1.82, 2.24) is 9.88 Å². The molecular formula is C28H30ClF3N2O4. The van der Waals surface area contributed by atoms with Gasteiger partial charge in [0.1, 0.15) is 18.2 Å². The predicted octanol–water partition coefficient (Wildman–Crippen LogP) is 6.27. The molecule has 4 rings (SSSR count). The van der Waals surface area contributed by atoms with E-state index in [0.29, 0.717) is 61.8 Å². The molecule has 6 nitrogen and oxygen atoms in total. The van der Waals surface area contributed by atoms with Crippen molar-refractivity contribution in [1.29, 1.82) is 0 Å². The van der Waals surface area contributed by atoms with E-state index in [1.807, 2.05) is 18.2 Å². The molecule has 0 atom stereocenters. The van der Waals surface area contributed by atoms with Crippen LogP contribution in [0.15, 0.2) is 36.5 Å². The number of fused-ring (bicyclic) bond motifs is 1. The molecule has 0 saturated carbocycles. The second-order valence-corrected chi connectivity index (χ2v) is 10.2. The summed E-state index contributed by atoms with van der Waals surface area (Å²) in [5, 5.41) is 11.1. The molecular weight excluding hydrogens is 521 g/mol. The lowest BCUT2D eigenvalue weighted by Crippen LogP contribution is -2.42. The zero-order valence-electron chi connectivity index (χ0n) is 21.1. The summed E-state index contributed by atoms with van der Waals surface area (Å²) in [5.74, 6) is -3.88. The monoisotopic (exact) mass is 550 g/mol. The number of carboxylic acids is 1. The normalized spacial score (nSPS) is 15.5. The number of hydrogen-bond acceptors (Lipinski definition) is 5. The van der Waals surface area contributed by atoms with Crippen LogP contribution in [0.2, 0.25) is 5.02 Å². The van der Waals surface area contributed by atoms with Crippen LogP contribution in [-0.4, -0.2) is 54.3 Å². The molecule has 1 aromatic heterocycles. The van der Waals surface area contributed by atoms with E-state index in [1.165, 1.54) is 0 Å². The molecule has 0 spiro atoms. The fraction of sp³-hybridized carbons (Fsp3) is 0.429. The van der Waals surface area contributed by atoms with Gasteiger partial charge in [-0.15, -0.1) is 0 Å². The van der Waals surface area contributed by atoms with E-state index in [2.05, 4.69) is 9.88 Å². The summed E-state index contributed by atoms with van der Waals surface area (Å²) >= 11 is 6.50. The first kappa shape index (κ1) is 28.0. The van der Waals surface area contributed by atoms with Crippen LogP contribution in [0.4, 0.5) is 13.2 Å². The lowest BCUT2D eigenvalue weighted by atomic mass is 9.72. The molecule has 3 aromatic rings. The first-order valence-electron chi connectivity index (χ1n) is 12.5. The third kappa shape index (κ3) is 6.69. The van der Waals surface area contributed by atoms with Crippen LogP contribution in [0.5, 0.6) is 11.5 Å². The van der Waals surface area contributed by atoms with Crippen molar-refractivity contribution in [2.75, 3.05) is 33.4 Å². The highest BCUT2D eigenvalue weighted by Crippen LogP contribution is 2.40. The molecule has 1 saturated heterocycles. The fourth-order valence-electron chi connectivity index (χ4n) is 5.25. The van der Waals surface area contributed by atoms with E-state index >= 15 is 0 Å². The largest absolute Gasteiger partial charge is 0.497 e. The minimum absolute atomic E-state index is 0.0302. The lowest BCUT2D eigenvalue weighted by Gasteiger charge is -2.41. The van der Waals surface area contributed by atoms with Crippen molar-refractivity contribution in [2.24, 2.45) is 5.41 Å². The van der Waals surface area contributed by atoms with Crippen molar-refractivity contribution >= 4 is 28.5 Å². The Hall–Kier alpha value is -3.04. The van der Waals surface area contributed by atoms with Crippen molar-refractivity contribution in [3.63, 3.8) is 0 Å². The Labute approximate surface area is 224 Å². The number of carbonyl (C=O) groups is 1. The van der Waals surface area contributed by atoms with E-state index < -0.39 is 29.2 Å². The Kier molecular flexibility index (Phi) is 8.99. The zero-order chi connectivity index (χ0) is 27.3. The fourth-order valence-corrected chi connectivity index (χ4v) is 5.50. The van der Waals surface area contributed by atoms with Gasteiger partial charge < -0.3 is 14.6 Å². The quantitative estimate of drug-likeness (QED) is 0.303. The number of likely N-dealkylation sites (tertiary alicyclic amines) is 1. The molecule has 1 aliphatic rings. The van der Waals surface area contributed by atoms with E-state index in [9.17, 15) is 23.1 Å². The van der Waals surface area contributed by atoms with Gasteiger partial charge in [0.05, 0.1) is 24.1 Å². The Morgan fingerprint density at radius 3 is 2.53 bits per heavy atom. The van der Waals surface area contributed by atoms with Gasteiger partial charge in [-0.1, -0.05) is 11.6 Å². The Morgan fingerprint density at radius 2 is 1.87 bits per heavy atom. The average Bonchev–Trinajstić information content (AvgIpc) is 2.87. The maximum atomic E-state index is 13.8. The van der Waals surface area contributed by atoms with Gasteiger partial charge in [-0.2, -0.15) is 0 Å². The van der Waals surface area contributed by atoms with Crippen LogP contribution >= 0.6 is 11.6 Å². The summed E-state index contributed by atoms with van der Waals surface area (Å²) in [4.78, 5) is 18.2. The summed E-state index contributed by atoms with van der Waals surface area (Å²) < 4.78 is 51.3. The van der Waals surface area contributed by atoms with E-state index in [0.717, 1.165) is 29.3 Å². The number of pyridine rings is 1. The van der Waals surface area contributed by atoms with Crippen LogP contribution in [0.1, 0.15) is 37.7 Å². The van der Waals surface area contributed by atoms with Crippen LogP contribution < -0.4 is 9.47 Å². The average molecular weight is 551 g/mol. The van der Waals surface area contributed by atoms with Crippen LogP contribution in [0.3, 0.4) is 0 Å². The van der Waals surface area contributed by atoms with E-state index in [4.69, 9.17) is 21.1 Å². The maximum absolute atomic E-state index is 13.8. The second kappa shape index (κ2) is 12.2. The molecule has 1 fully saturated rings.